The van der Waals surface area contributed by atoms with Gasteiger partial charge in [0.25, 0.3) is 0 Å². The first-order valence-electron chi connectivity index (χ1n) is 5.42. The average molecular weight is 284 g/mol. The van der Waals surface area contributed by atoms with Gasteiger partial charge in [-0.25, -0.2) is 0 Å². The van der Waals surface area contributed by atoms with E-state index in [0.717, 1.165) is 23.1 Å². The lowest BCUT2D eigenvalue weighted by Crippen LogP contribution is -2.29. The first kappa shape index (κ1) is 11.5. The molecule has 0 saturated heterocycles. The number of benzene rings is 1. The summed E-state index contributed by atoms with van der Waals surface area (Å²) in [7, 11) is 0. The molecule has 3 nitrogen and oxygen atoms in total. The van der Waals surface area contributed by atoms with E-state index in [9.17, 15) is 4.79 Å². The van der Waals surface area contributed by atoms with Crippen LogP contribution in [0.25, 0.3) is 0 Å². The number of halogens is 1. The minimum absolute atomic E-state index is 0.163. The molecule has 1 amide bonds. The molecule has 0 radical (unpaired) electrons. The monoisotopic (exact) mass is 283 g/mol. The number of para-hydroxylation sites is 1. The number of hydrogen-bond donors (Lipinski definition) is 1. The highest BCUT2D eigenvalue weighted by Gasteiger charge is 2.28. The Morgan fingerprint density at radius 1 is 1.44 bits per heavy atom. The summed E-state index contributed by atoms with van der Waals surface area (Å²) in [6, 6.07) is 7.68. The summed E-state index contributed by atoms with van der Waals surface area (Å²) in [5.41, 5.74) is 0. The molecule has 0 atom stereocenters. The summed E-state index contributed by atoms with van der Waals surface area (Å²) in [4.78, 5) is 11.3. The topological polar surface area (TPSA) is 38.3 Å². The van der Waals surface area contributed by atoms with Crippen molar-refractivity contribution < 1.29 is 9.53 Å². The van der Waals surface area contributed by atoms with Gasteiger partial charge in [-0.3, -0.25) is 4.79 Å². The minimum Gasteiger partial charge on any atom is -0.491 e. The van der Waals surface area contributed by atoms with Gasteiger partial charge in [0.05, 0.1) is 11.0 Å². The van der Waals surface area contributed by atoms with E-state index >= 15 is 0 Å². The van der Waals surface area contributed by atoms with Crippen molar-refractivity contribution in [2.75, 3.05) is 13.2 Å². The number of carbonyl (C=O) groups excluding carboxylic acids is 1. The lowest BCUT2D eigenvalue weighted by atomic mass is 10.3. The predicted molar refractivity (Wildman–Crippen MR) is 65.4 cm³/mol. The van der Waals surface area contributed by atoms with Crippen molar-refractivity contribution in [3.05, 3.63) is 28.7 Å². The van der Waals surface area contributed by atoms with Crippen LogP contribution in [0.5, 0.6) is 5.75 Å². The van der Waals surface area contributed by atoms with Crippen LogP contribution in [0.2, 0.25) is 0 Å². The molecule has 2 rings (SSSR count). The fraction of sp³-hybridized carbons (Fsp3) is 0.417. The number of hydrogen-bond acceptors (Lipinski definition) is 2. The van der Waals surface area contributed by atoms with Gasteiger partial charge < -0.3 is 10.1 Å². The SMILES string of the molecule is O=C(NCCOc1ccccc1Br)C1CC1. The third kappa shape index (κ3) is 3.23. The average Bonchev–Trinajstić information content (AvgIpc) is 3.10. The standard InChI is InChI=1S/C12H14BrNO2/c13-10-3-1-2-4-11(10)16-8-7-14-12(15)9-5-6-9/h1-4,9H,5-8H2,(H,14,15). The maximum Gasteiger partial charge on any atom is 0.223 e. The Bertz CT molecular complexity index is 377. The molecule has 1 N–H and O–H groups in total. The normalized spacial score (nSPS) is 14.6. The van der Waals surface area contributed by atoms with Crippen LogP contribution in [0, 0.1) is 5.92 Å². The summed E-state index contributed by atoms with van der Waals surface area (Å²) in [6.07, 6.45) is 2.08. The van der Waals surface area contributed by atoms with Gasteiger partial charge >= 0.3 is 0 Å². The highest BCUT2D eigenvalue weighted by Crippen LogP contribution is 2.28. The third-order valence-corrected chi connectivity index (χ3v) is 3.10. The molecule has 86 valence electrons. The Hall–Kier alpha value is -1.03. The first-order valence-corrected chi connectivity index (χ1v) is 6.21. The Morgan fingerprint density at radius 2 is 2.19 bits per heavy atom. The smallest absolute Gasteiger partial charge is 0.223 e. The summed E-state index contributed by atoms with van der Waals surface area (Å²) >= 11 is 3.40. The van der Waals surface area contributed by atoms with Gasteiger partial charge in [-0.15, -0.1) is 0 Å². The highest BCUT2D eigenvalue weighted by molar-refractivity contribution is 9.10. The Kier molecular flexibility index (Phi) is 3.83. The van der Waals surface area contributed by atoms with E-state index in [2.05, 4.69) is 21.2 Å². The Labute approximate surface area is 103 Å². The maximum atomic E-state index is 11.3. The molecule has 1 fully saturated rings. The van der Waals surface area contributed by atoms with Crippen molar-refractivity contribution in [3.63, 3.8) is 0 Å². The van der Waals surface area contributed by atoms with Crippen molar-refractivity contribution in [1.82, 2.24) is 5.32 Å². The van der Waals surface area contributed by atoms with E-state index in [4.69, 9.17) is 4.74 Å². The molecule has 1 aliphatic rings. The van der Waals surface area contributed by atoms with Gasteiger partial charge in [0.1, 0.15) is 12.4 Å². The van der Waals surface area contributed by atoms with Crippen LogP contribution in [0.4, 0.5) is 0 Å². The van der Waals surface area contributed by atoms with Crippen LogP contribution in [-0.4, -0.2) is 19.1 Å². The second-order valence-corrected chi connectivity index (χ2v) is 4.70. The molecule has 1 aliphatic carbocycles. The van der Waals surface area contributed by atoms with E-state index < -0.39 is 0 Å². The zero-order valence-electron chi connectivity index (χ0n) is 8.91. The van der Waals surface area contributed by atoms with Crippen LogP contribution < -0.4 is 10.1 Å². The molecule has 1 saturated carbocycles. The highest BCUT2D eigenvalue weighted by atomic mass is 79.9. The van der Waals surface area contributed by atoms with Gasteiger partial charge in [-0.1, -0.05) is 12.1 Å². The molecule has 16 heavy (non-hydrogen) atoms. The zero-order valence-corrected chi connectivity index (χ0v) is 10.5. The van der Waals surface area contributed by atoms with Gasteiger partial charge in [0.2, 0.25) is 5.91 Å². The van der Waals surface area contributed by atoms with Crippen LogP contribution in [-0.2, 0) is 4.79 Å². The Balaban J connectivity index is 1.67. The fourth-order valence-corrected chi connectivity index (χ4v) is 1.79. The summed E-state index contributed by atoms with van der Waals surface area (Å²) in [6.45, 7) is 1.07. The van der Waals surface area contributed by atoms with E-state index in [1.165, 1.54) is 0 Å². The van der Waals surface area contributed by atoms with E-state index in [-0.39, 0.29) is 11.8 Å². The molecule has 1 aromatic rings. The largest absolute Gasteiger partial charge is 0.491 e. The maximum absolute atomic E-state index is 11.3. The molecule has 0 unspecified atom stereocenters. The molecular weight excluding hydrogens is 270 g/mol. The summed E-state index contributed by atoms with van der Waals surface area (Å²) in [5.74, 6) is 1.24. The van der Waals surface area contributed by atoms with Crippen molar-refractivity contribution in [2.45, 2.75) is 12.8 Å². The molecule has 1 aromatic carbocycles. The van der Waals surface area contributed by atoms with Crippen LogP contribution >= 0.6 is 15.9 Å². The number of ether oxygens (including phenoxy) is 1. The van der Waals surface area contributed by atoms with Gasteiger partial charge in [-0.2, -0.15) is 0 Å². The van der Waals surface area contributed by atoms with Crippen molar-refractivity contribution in [1.29, 1.82) is 0 Å². The number of rotatable bonds is 5. The van der Waals surface area contributed by atoms with Crippen LogP contribution in [0.3, 0.4) is 0 Å². The molecule has 4 heteroatoms. The summed E-state index contributed by atoms with van der Waals surface area (Å²) in [5, 5.41) is 2.86. The van der Waals surface area contributed by atoms with E-state index in [0.29, 0.717) is 13.2 Å². The lowest BCUT2D eigenvalue weighted by Gasteiger charge is -2.08. The molecule has 0 heterocycles. The quantitative estimate of drug-likeness (QED) is 0.843. The number of nitrogens with one attached hydrogen (secondary N) is 1. The second-order valence-electron chi connectivity index (χ2n) is 3.84. The predicted octanol–water partition coefficient (Wildman–Crippen LogP) is 2.35. The zero-order chi connectivity index (χ0) is 11.4. The first-order chi connectivity index (χ1) is 7.77. The van der Waals surface area contributed by atoms with E-state index in [1.807, 2.05) is 24.3 Å². The van der Waals surface area contributed by atoms with E-state index in [1.54, 1.807) is 0 Å². The van der Waals surface area contributed by atoms with Gasteiger partial charge in [0.15, 0.2) is 0 Å². The molecule has 0 aliphatic heterocycles. The van der Waals surface area contributed by atoms with Crippen LogP contribution in [0.1, 0.15) is 12.8 Å². The van der Waals surface area contributed by atoms with Gasteiger partial charge in [-0.05, 0) is 40.9 Å². The summed E-state index contributed by atoms with van der Waals surface area (Å²) < 4.78 is 6.46. The molecule has 0 aromatic heterocycles. The minimum atomic E-state index is 0.163. The fourth-order valence-electron chi connectivity index (χ4n) is 1.39. The second kappa shape index (κ2) is 5.34. The van der Waals surface area contributed by atoms with Gasteiger partial charge in [0, 0.05) is 5.92 Å². The molecule has 0 spiro atoms. The van der Waals surface area contributed by atoms with Crippen molar-refractivity contribution in [2.24, 2.45) is 5.92 Å². The molecule has 0 bridgehead atoms. The Morgan fingerprint density at radius 3 is 2.88 bits per heavy atom. The molecular formula is C12H14BrNO2. The van der Waals surface area contributed by atoms with Crippen molar-refractivity contribution >= 4 is 21.8 Å². The number of amides is 1. The van der Waals surface area contributed by atoms with Crippen molar-refractivity contribution in [3.8, 4) is 5.75 Å². The third-order valence-electron chi connectivity index (χ3n) is 2.44. The lowest BCUT2D eigenvalue weighted by molar-refractivity contribution is -0.122. The van der Waals surface area contributed by atoms with Crippen LogP contribution in [0.15, 0.2) is 28.7 Å². The number of carbonyl (C=O) groups is 1.